The van der Waals surface area contributed by atoms with Crippen LogP contribution in [0.1, 0.15) is 31.5 Å². The van der Waals surface area contributed by atoms with Gasteiger partial charge >= 0.3 is 0 Å². The second-order valence-corrected chi connectivity index (χ2v) is 8.33. The fraction of sp³-hybridized carbons (Fsp3) is 0.318. The Hall–Kier alpha value is -2.80. The molecule has 1 unspecified atom stereocenters. The van der Waals surface area contributed by atoms with E-state index in [1.807, 2.05) is 31.2 Å². The van der Waals surface area contributed by atoms with Crippen LogP contribution in [0.5, 0.6) is 11.5 Å². The van der Waals surface area contributed by atoms with Crippen molar-refractivity contribution in [1.29, 1.82) is 0 Å². The zero-order valence-corrected chi connectivity index (χ0v) is 17.5. The quantitative estimate of drug-likeness (QED) is 0.453. The van der Waals surface area contributed by atoms with E-state index in [2.05, 4.69) is 5.32 Å². The van der Waals surface area contributed by atoms with Crippen LogP contribution in [0, 0.1) is 0 Å². The van der Waals surface area contributed by atoms with Crippen LogP contribution < -0.4 is 14.8 Å². The number of ether oxygens (including phenoxy) is 2. The highest BCUT2D eigenvalue weighted by atomic mass is 32.2. The van der Waals surface area contributed by atoms with Gasteiger partial charge in [-0.15, -0.1) is 0 Å². The summed E-state index contributed by atoms with van der Waals surface area (Å²) in [5, 5.41) is 4.45. The lowest BCUT2D eigenvalue weighted by Gasteiger charge is -2.15. The normalized spacial score (nSPS) is 14.4. The van der Waals surface area contributed by atoms with Crippen molar-refractivity contribution in [2.75, 3.05) is 19.5 Å². The number of para-hydroxylation sites is 1. The Bertz CT molecular complexity index is 1050. The summed E-state index contributed by atoms with van der Waals surface area (Å²) in [5.74, 6) is 2.43. The zero-order chi connectivity index (χ0) is 20.4. The van der Waals surface area contributed by atoms with Crippen molar-refractivity contribution in [3.63, 3.8) is 0 Å². The number of anilines is 1. The summed E-state index contributed by atoms with van der Waals surface area (Å²) in [6.45, 7) is 1.88. The van der Waals surface area contributed by atoms with Crippen molar-refractivity contribution >= 4 is 34.3 Å². The second kappa shape index (κ2) is 8.29. The molecule has 29 heavy (non-hydrogen) atoms. The fourth-order valence-electron chi connectivity index (χ4n) is 3.06. The van der Waals surface area contributed by atoms with E-state index in [0.717, 1.165) is 34.6 Å². The van der Waals surface area contributed by atoms with E-state index in [4.69, 9.17) is 19.4 Å². The lowest BCUT2D eigenvalue weighted by molar-refractivity contribution is -0.115. The van der Waals surface area contributed by atoms with Gasteiger partial charge in [-0.1, -0.05) is 30.0 Å². The van der Waals surface area contributed by atoms with Crippen molar-refractivity contribution in [2.45, 2.75) is 36.0 Å². The molecule has 1 atom stereocenters. The number of amides is 1. The first-order chi connectivity index (χ1) is 14.1. The van der Waals surface area contributed by atoms with Crippen LogP contribution in [0.15, 0.2) is 47.5 Å². The summed E-state index contributed by atoms with van der Waals surface area (Å²) < 4.78 is 10.5. The van der Waals surface area contributed by atoms with Crippen molar-refractivity contribution in [3.8, 4) is 11.5 Å². The lowest BCUT2D eigenvalue weighted by atomic mass is 10.2. The summed E-state index contributed by atoms with van der Waals surface area (Å²) in [6.07, 6.45) is 2.27. The Kier molecular flexibility index (Phi) is 5.58. The topological polar surface area (TPSA) is 73.3 Å². The van der Waals surface area contributed by atoms with Gasteiger partial charge in [0, 0.05) is 23.1 Å². The number of methoxy groups -OCH3 is 2. The molecule has 3 aromatic rings. The highest BCUT2D eigenvalue weighted by Gasteiger charge is 2.28. The minimum Gasteiger partial charge on any atom is -0.493 e. The van der Waals surface area contributed by atoms with Gasteiger partial charge in [0.1, 0.15) is 10.9 Å². The summed E-state index contributed by atoms with van der Waals surface area (Å²) in [7, 11) is 3.15. The number of hydrogen-bond donors (Lipinski definition) is 1. The van der Waals surface area contributed by atoms with Crippen LogP contribution in [-0.4, -0.2) is 35.3 Å². The number of rotatable bonds is 7. The number of fused-ring (bicyclic) bond motifs is 1. The Balaban J connectivity index is 1.53. The Morgan fingerprint density at radius 3 is 2.59 bits per heavy atom. The molecule has 0 radical (unpaired) electrons. The molecule has 1 aliphatic carbocycles. The van der Waals surface area contributed by atoms with E-state index in [9.17, 15) is 4.79 Å². The number of carbonyl (C=O) groups excluding carboxylic acids is 1. The maximum Gasteiger partial charge on any atom is 0.237 e. The SMILES string of the molecule is COc1ccc(NC(=O)C(C)Sc2nc(C3CC3)nc3ccccc23)cc1OC. The van der Waals surface area contributed by atoms with Gasteiger partial charge < -0.3 is 14.8 Å². The van der Waals surface area contributed by atoms with E-state index in [0.29, 0.717) is 23.1 Å². The van der Waals surface area contributed by atoms with Crippen molar-refractivity contribution in [1.82, 2.24) is 9.97 Å². The number of thioether (sulfide) groups is 1. The summed E-state index contributed by atoms with van der Waals surface area (Å²) >= 11 is 1.46. The van der Waals surface area contributed by atoms with Crippen molar-refractivity contribution < 1.29 is 14.3 Å². The molecule has 1 heterocycles. The molecule has 0 bridgehead atoms. The molecule has 2 aromatic carbocycles. The molecule has 1 N–H and O–H groups in total. The Labute approximate surface area is 174 Å². The molecule has 1 saturated carbocycles. The van der Waals surface area contributed by atoms with E-state index in [1.165, 1.54) is 11.8 Å². The average molecular weight is 410 g/mol. The molecule has 150 valence electrons. The molecule has 6 nitrogen and oxygen atoms in total. The predicted molar refractivity (Wildman–Crippen MR) is 115 cm³/mol. The van der Waals surface area contributed by atoms with E-state index >= 15 is 0 Å². The maximum absolute atomic E-state index is 12.8. The van der Waals surface area contributed by atoms with Crippen LogP contribution in [-0.2, 0) is 4.79 Å². The maximum atomic E-state index is 12.8. The molecule has 4 rings (SSSR count). The van der Waals surface area contributed by atoms with Crippen LogP contribution in [0.3, 0.4) is 0 Å². The van der Waals surface area contributed by atoms with E-state index in [1.54, 1.807) is 32.4 Å². The fourth-order valence-corrected chi connectivity index (χ4v) is 4.00. The first kappa shape index (κ1) is 19.5. The molecule has 0 saturated heterocycles. The monoisotopic (exact) mass is 409 g/mol. The van der Waals surface area contributed by atoms with Gasteiger partial charge in [-0.25, -0.2) is 9.97 Å². The number of nitrogens with one attached hydrogen (secondary N) is 1. The molecule has 1 fully saturated rings. The van der Waals surface area contributed by atoms with Gasteiger partial charge in [-0.2, -0.15) is 0 Å². The van der Waals surface area contributed by atoms with Gasteiger partial charge in [-0.3, -0.25) is 4.79 Å². The van der Waals surface area contributed by atoms with E-state index < -0.39 is 0 Å². The molecule has 0 aliphatic heterocycles. The van der Waals surface area contributed by atoms with Crippen LogP contribution >= 0.6 is 11.8 Å². The molecule has 1 aromatic heterocycles. The Morgan fingerprint density at radius 2 is 1.86 bits per heavy atom. The summed E-state index contributed by atoms with van der Waals surface area (Å²) in [4.78, 5) is 22.3. The number of hydrogen-bond acceptors (Lipinski definition) is 6. The molecule has 0 spiro atoms. The highest BCUT2D eigenvalue weighted by molar-refractivity contribution is 8.00. The standard InChI is InChI=1S/C22H23N3O3S/c1-13(21(26)23-15-10-11-18(27-2)19(12-15)28-3)29-22-16-6-4-5-7-17(16)24-20(25-22)14-8-9-14/h4-7,10-14H,8-9H2,1-3H3,(H,23,26). The Morgan fingerprint density at radius 1 is 1.10 bits per heavy atom. The molecular weight excluding hydrogens is 386 g/mol. The molecule has 1 aliphatic rings. The average Bonchev–Trinajstić information content (AvgIpc) is 3.59. The van der Waals surface area contributed by atoms with Gasteiger partial charge in [0.25, 0.3) is 0 Å². The first-order valence-electron chi connectivity index (χ1n) is 9.55. The lowest BCUT2D eigenvalue weighted by Crippen LogP contribution is -2.22. The van der Waals surface area contributed by atoms with Gasteiger partial charge in [0.15, 0.2) is 11.5 Å². The smallest absolute Gasteiger partial charge is 0.237 e. The van der Waals surface area contributed by atoms with Crippen molar-refractivity contribution in [3.05, 3.63) is 48.3 Å². The number of nitrogens with zero attached hydrogens (tertiary/aromatic N) is 2. The van der Waals surface area contributed by atoms with Crippen LogP contribution in [0.25, 0.3) is 10.9 Å². The summed E-state index contributed by atoms with van der Waals surface area (Å²) in [6, 6.07) is 13.3. The van der Waals surface area contributed by atoms with Crippen LogP contribution in [0.4, 0.5) is 5.69 Å². The van der Waals surface area contributed by atoms with Gasteiger partial charge in [0.05, 0.1) is 25.0 Å². The highest BCUT2D eigenvalue weighted by Crippen LogP contribution is 2.40. The predicted octanol–water partition coefficient (Wildman–Crippen LogP) is 4.64. The molecule has 1 amide bonds. The van der Waals surface area contributed by atoms with Crippen LogP contribution in [0.2, 0.25) is 0 Å². The third kappa shape index (κ3) is 4.29. The number of benzene rings is 2. The molecular formula is C22H23N3O3S. The third-order valence-corrected chi connectivity index (χ3v) is 5.94. The third-order valence-electron chi connectivity index (χ3n) is 4.84. The largest absolute Gasteiger partial charge is 0.493 e. The minimum absolute atomic E-state index is 0.0992. The van der Waals surface area contributed by atoms with Crippen molar-refractivity contribution in [2.24, 2.45) is 0 Å². The van der Waals surface area contributed by atoms with Gasteiger partial charge in [0.2, 0.25) is 5.91 Å². The zero-order valence-electron chi connectivity index (χ0n) is 16.6. The first-order valence-corrected chi connectivity index (χ1v) is 10.4. The summed E-state index contributed by atoms with van der Waals surface area (Å²) in [5.41, 5.74) is 1.59. The molecule has 7 heteroatoms. The minimum atomic E-state index is -0.326. The number of carbonyl (C=O) groups is 1. The van der Waals surface area contributed by atoms with Gasteiger partial charge in [-0.05, 0) is 38.0 Å². The second-order valence-electron chi connectivity index (χ2n) is 7.00. The number of aromatic nitrogens is 2. The van der Waals surface area contributed by atoms with E-state index in [-0.39, 0.29) is 11.2 Å².